The van der Waals surface area contributed by atoms with Gasteiger partial charge in [0.15, 0.2) is 0 Å². The van der Waals surface area contributed by atoms with Crippen LogP contribution in [-0.4, -0.2) is 212 Å². The molecule has 0 saturated heterocycles. The van der Waals surface area contributed by atoms with E-state index in [1.807, 2.05) is 0 Å². The molecule has 0 saturated carbocycles. The number of fused-ring (bicyclic) bond motifs is 6. The fraction of sp³-hybridized carbons (Fsp3) is 0.0233. The van der Waals surface area contributed by atoms with Crippen molar-refractivity contribution >= 4 is 402 Å². The molecule has 1 aliphatic carbocycles. The van der Waals surface area contributed by atoms with Crippen LogP contribution in [-0.2, 0) is 0 Å². The lowest BCUT2D eigenvalue weighted by Gasteiger charge is -2.33. The van der Waals surface area contributed by atoms with Crippen molar-refractivity contribution in [1.29, 1.82) is 0 Å². The molecule has 8 aromatic rings. The summed E-state index contributed by atoms with van der Waals surface area (Å²) in [7, 11) is 65.0. The first-order valence-electron chi connectivity index (χ1n) is 26.4. The van der Waals surface area contributed by atoms with Crippen LogP contribution < -0.4 is 147 Å². The molecule has 0 N–H and O–H groups in total. The van der Waals surface area contributed by atoms with Crippen molar-refractivity contribution in [3.63, 3.8) is 0 Å². The predicted octanol–water partition coefficient (Wildman–Crippen LogP) is -35.6. The van der Waals surface area contributed by atoms with E-state index in [1.165, 1.54) is 229 Å². The topological polar surface area (TPSA) is 0 Å². The Kier molecular flexibility index (Phi) is 12.6. The average molecular weight is 864 g/mol. The maximum absolute atomic E-state index is 2.50. The third-order valence-corrected chi connectivity index (χ3v) is 20.8. The van der Waals surface area contributed by atoms with Crippen molar-refractivity contribution in [2.75, 3.05) is 0 Å². The fourth-order valence-corrected chi connectivity index (χ4v) is 14.8. The molecular weight excluding hydrogens is 808 g/mol. The molecule has 0 atom stereocenters. The van der Waals surface area contributed by atoms with Gasteiger partial charge in [0.2, 0.25) is 0 Å². The number of hydrogen-bond acceptors (Lipinski definition) is 0. The van der Waals surface area contributed by atoms with Crippen LogP contribution in [0.4, 0.5) is 0 Å². The summed E-state index contributed by atoms with van der Waals surface area (Å²) in [5.41, 5.74) is 45.6. The Morgan fingerprint density at radius 1 is 0.157 bits per heavy atom. The third kappa shape index (κ3) is 6.42. The van der Waals surface area contributed by atoms with E-state index < -0.39 is 0 Å². The molecular formula is C43H55B27. The maximum Gasteiger partial charge on any atom is 0.140 e. The summed E-state index contributed by atoms with van der Waals surface area (Å²) >= 11 is 0. The van der Waals surface area contributed by atoms with Crippen molar-refractivity contribution in [3.8, 4) is 22.3 Å². The van der Waals surface area contributed by atoms with Crippen LogP contribution in [0.2, 0.25) is 0 Å². The Bertz CT molecular complexity index is 3890. The summed E-state index contributed by atoms with van der Waals surface area (Å²) in [4.78, 5) is 0. The normalized spacial score (nSPS) is 12.9. The first-order valence-corrected chi connectivity index (χ1v) is 26.4. The Balaban J connectivity index is 1.61. The molecule has 9 rings (SSSR count). The molecule has 308 valence electrons. The van der Waals surface area contributed by atoms with Crippen molar-refractivity contribution in [2.24, 2.45) is 0 Å². The van der Waals surface area contributed by atoms with Gasteiger partial charge in [0.05, 0.1) is 0 Å². The lowest BCUT2D eigenvalue weighted by Crippen LogP contribution is -2.63. The van der Waals surface area contributed by atoms with Gasteiger partial charge in [-0.1, -0.05) is 87.4 Å². The van der Waals surface area contributed by atoms with Gasteiger partial charge in [-0.25, -0.2) is 0 Å². The number of benzene rings is 8. The second kappa shape index (κ2) is 17.2. The second-order valence-electron chi connectivity index (χ2n) is 23.1. The fourth-order valence-electron chi connectivity index (χ4n) is 14.8. The smallest absolute Gasteiger partial charge is 0.101 e. The maximum atomic E-state index is 2.50. The van der Waals surface area contributed by atoms with E-state index in [2.05, 4.69) is 212 Å². The van der Waals surface area contributed by atoms with E-state index in [-0.39, 0.29) is 5.92 Å². The predicted molar refractivity (Wildman–Crippen MR) is 404 cm³/mol. The minimum Gasteiger partial charge on any atom is -0.101 e. The van der Waals surface area contributed by atoms with Gasteiger partial charge in [0.1, 0.15) is 212 Å². The summed E-state index contributed by atoms with van der Waals surface area (Å²) in [6.45, 7) is 0. The van der Waals surface area contributed by atoms with E-state index in [0.29, 0.717) is 0 Å². The van der Waals surface area contributed by atoms with Gasteiger partial charge in [-0.05, 0) is 81.3 Å². The first kappa shape index (κ1) is 51.2. The van der Waals surface area contributed by atoms with Crippen LogP contribution in [0.1, 0.15) is 11.5 Å². The second-order valence-corrected chi connectivity index (χ2v) is 23.1. The first-order chi connectivity index (χ1) is 32.6. The SMILES string of the molecule is BC1=c2c(B)c(B)c(B)c(B)c2=C(B)C1c1c2c(B)c(B)c(B)c(B)c2c(-c2c(B)c(B)c(B)c(-c3c(B)c4c(B)c(B)c(B)c(B)c4c4c(B)c(B)c(B)c(B)c34)c2B)c2c(B)c(B)c(B)c(B)c12. The summed E-state index contributed by atoms with van der Waals surface area (Å²) in [6.07, 6.45) is 0. The Morgan fingerprint density at radius 3 is 0.757 bits per heavy atom. The van der Waals surface area contributed by atoms with Crippen LogP contribution in [0.5, 0.6) is 0 Å². The van der Waals surface area contributed by atoms with Crippen molar-refractivity contribution in [3.05, 3.63) is 16.0 Å². The zero-order valence-electron chi connectivity index (χ0n) is 48.6. The van der Waals surface area contributed by atoms with Gasteiger partial charge in [-0.15, -0.1) is 60.1 Å². The molecule has 1 aliphatic rings. The molecule has 0 aliphatic heterocycles. The van der Waals surface area contributed by atoms with E-state index in [9.17, 15) is 0 Å². The molecule has 0 fully saturated rings. The Labute approximate surface area is 443 Å². The summed E-state index contributed by atoms with van der Waals surface area (Å²) in [6, 6.07) is 0. The standard InChI is InChI=1S/C43H55B27/c44-17-9(7-8(26(53)39(66)38(65)25(7)52)10-14(17)30(57)41(68)40(67)27(10)54)13-20(47)12(28(55)33(60)29(13)56)2-5-3(21(48)34(61)36(63)23(5)50)1(4-6(2)24(51)37(64)35(62)22(4)49)11-18(45)15-16(19(11)46)32(59)43(70)42(69)31(15)58/h11H,44-70H2. The molecule has 27 heteroatoms. The summed E-state index contributed by atoms with van der Waals surface area (Å²) in [5.74, 6) is 0.161. The van der Waals surface area contributed by atoms with Crippen molar-refractivity contribution in [2.45, 2.75) is 5.92 Å². The van der Waals surface area contributed by atoms with Gasteiger partial charge in [-0.2, -0.15) is 0 Å². The molecule has 70 heavy (non-hydrogen) atoms. The Morgan fingerprint density at radius 2 is 0.400 bits per heavy atom. The molecule has 0 heterocycles. The molecule has 0 bridgehead atoms. The summed E-state index contributed by atoms with van der Waals surface area (Å²) < 4.78 is 0. The van der Waals surface area contributed by atoms with Crippen LogP contribution >= 0.6 is 0 Å². The third-order valence-electron chi connectivity index (χ3n) is 20.8. The van der Waals surface area contributed by atoms with Gasteiger partial charge >= 0.3 is 0 Å². The molecule has 0 amide bonds. The lowest BCUT2D eigenvalue weighted by molar-refractivity contribution is 1.25. The lowest BCUT2D eigenvalue weighted by atomic mass is 9.55. The van der Waals surface area contributed by atoms with Crippen LogP contribution in [0, 0.1) is 0 Å². The molecule has 8 aromatic carbocycles. The van der Waals surface area contributed by atoms with Crippen LogP contribution in [0.25, 0.3) is 76.3 Å². The van der Waals surface area contributed by atoms with Crippen LogP contribution in [0.3, 0.4) is 0 Å². The van der Waals surface area contributed by atoms with E-state index in [0.717, 1.165) is 0 Å². The molecule has 0 aromatic heterocycles. The van der Waals surface area contributed by atoms with Gasteiger partial charge in [0, 0.05) is 5.92 Å². The van der Waals surface area contributed by atoms with Gasteiger partial charge < -0.3 is 0 Å². The highest BCUT2D eigenvalue weighted by Gasteiger charge is 2.34. The number of hydrogen-bond donors (Lipinski definition) is 0. The highest BCUT2D eigenvalue weighted by atomic mass is 14.3. The highest BCUT2D eigenvalue weighted by molar-refractivity contribution is 6.77. The van der Waals surface area contributed by atoms with Crippen molar-refractivity contribution in [1.82, 2.24) is 0 Å². The van der Waals surface area contributed by atoms with E-state index in [4.69, 9.17) is 0 Å². The minimum absolute atomic E-state index is 0.161. The minimum atomic E-state index is 0.161. The van der Waals surface area contributed by atoms with E-state index in [1.54, 1.807) is 0 Å². The zero-order chi connectivity index (χ0) is 51.8. The van der Waals surface area contributed by atoms with Gasteiger partial charge in [0.25, 0.3) is 0 Å². The zero-order valence-corrected chi connectivity index (χ0v) is 48.6. The molecule has 0 unspecified atom stereocenters. The van der Waals surface area contributed by atoms with Gasteiger partial charge in [-0.3, -0.25) is 0 Å². The van der Waals surface area contributed by atoms with Crippen LogP contribution in [0.15, 0.2) is 0 Å². The van der Waals surface area contributed by atoms with E-state index >= 15 is 0 Å². The largest absolute Gasteiger partial charge is 0.140 e. The Hall–Kier alpha value is -3.71. The monoisotopic (exact) mass is 869 g/mol. The highest BCUT2D eigenvalue weighted by Crippen LogP contribution is 2.43. The average Bonchev–Trinajstić information content (AvgIpc) is 3.59. The molecule has 0 radical (unpaired) electrons. The molecule has 0 nitrogen and oxygen atoms in total. The summed E-state index contributed by atoms with van der Waals surface area (Å²) in [5, 5.41) is 14.6. The molecule has 0 spiro atoms. The van der Waals surface area contributed by atoms with Crippen molar-refractivity contribution < 1.29 is 0 Å². The number of rotatable bonds is 3. The quantitative estimate of drug-likeness (QED) is 0.0943.